The van der Waals surface area contributed by atoms with Gasteiger partial charge in [0.25, 0.3) is 5.92 Å². The van der Waals surface area contributed by atoms with Crippen LogP contribution in [-0.4, -0.2) is 47.8 Å². The van der Waals surface area contributed by atoms with Crippen LogP contribution in [0.1, 0.15) is 22.5 Å². The van der Waals surface area contributed by atoms with Gasteiger partial charge < -0.3 is 5.11 Å². The Morgan fingerprint density at radius 1 is 1.19 bits per heavy atom. The predicted octanol–water partition coefficient (Wildman–Crippen LogP) is 2.38. The zero-order chi connectivity index (χ0) is 19.4. The Hall–Kier alpha value is -2.39. The molecule has 1 aliphatic heterocycles. The van der Waals surface area contributed by atoms with Gasteiger partial charge in [0.2, 0.25) is 10.0 Å². The van der Waals surface area contributed by atoms with Crippen molar-refractivity contribution >= 4 is 16.0 Å². The molecule has 2 unspecified atom stereocenters. The van der Waals surface area contributed by atoms with E-state index in [1.165, 1.54) is 12.3 Å². The van der Waals surface area contributed by atoms with Crippen molar-refractivity contribution in [1.29, 1.82) is 0 Å². The summed E-state index contributed by atoms with van der Waals surface area (Å²) in [6.45, 7) is -0.477. The average molecular weight is 394 g/mol. The van der Waals surface area contributed by atoms with Gasteiger partial charge in [0.05, 0.1) is 11.3 Å². The molecule has 27 heavy (non-hydrogen) atoms. The summed E-state index contributed by atoms with van der Waals surface area (Å²) >= 11 is 0. The quantitative estimate of drug-likeness (QED) is 0.860. The number of hydrogen-bond acceptors (Lipinski definition) is 4. The molecule has 2 heterocycles. The minimum absolute atomic E-state index is 0.0312. The molecular weight excluding hydrogens is 378 g/mol. The van der Waals surface area contributed by atoms with E-state index in [9.17, 15) is 27.1 Å². The van der Waals surface area contributed by atoms with Gasteiger partial charge in [0, 0.05) is 19.3 Å². The molecular formula is C18H16F2N2O4S. The van der Waals surface area contributed by atoms with Gasteiger partial charge in [-0.05, 0) is 24.1 Å². The second-order valence-corrected chi connectivity index (χ2v) is 8.69. The van der Waals surface area contributed by atoms with Gasteiger partial charge in [-0.3, -0.25) is 0 Å². The van der Waals surface area contributed by atoms with E-state index in [4.69, 9.17) is 0 Å². The monoisotopic (exact) mass is 394 g/mol. The van der Waals surface area contributed by atoms with E-state index >= 15 is 0 Å². The number of fused-ring (bicyclic) bond motifs is 1. The highest BCUT2D eigenvalue weighted by molar-refractivity contribution is 7.89. The highest BCUT2D eigenvalue weighted by atomic mass is 32.2. The first kappa shape index (κ1) is 18.0. The minimum atomic E-state index is -4.25. The summed E-state index contributed by atoms with van der Waals surface area (Å²) in [6, 6.07) is 10.8. The smallest absolute Gasteiger partial charge is 0.355 e. The average Bonchev–Trinajstić information content (AvgIpc) is 3.18. The van der Waals surface area contributed by atoms with Crippen LogP contribution >= 0.6 is 0 Å². The lowest BCUT2D eigenvalue weighted by Crippen LogP contribution is -2.41. The molecule has 2 fully saturated rings. The number of aromatic carboxylic acids is 1. The Bertz CT molecular complexity index is 1010. The van der Waals surface area contributed by atoms with Crippen molar-refractivity contribution in [3.8, 4) is 0 Å². The summed E-state index contributed by atoms with van der Waals surface area (Å²) in [4.78, 5) is 14.4. The molecule has 1 aromatic heterocycles. The highest BCUT2D eigenvalue weighted by Gasteiger charge is 2.82. The number of nitrogens with zero attached hydrogens (tertiary/aromatic N) is 2. The lowest BCUT2D eigenvalue weighted by molar-refractivity contribution is 0.0684. The standard InChI is InChI=1S/C18H16F2N2O4S/c19-18(20)14-11-22(10-8-17(14,18)12-5-2-1-3-6-12)27(25,26)13-7-4-9-21-15(13)16(23)24/h1-7,9,14H,8,10-11H2,(H,23,24). The van der Waals surface area contributed by atoms with Crippen LogP contribution in [0.5, 0.6) is 0 Å². The van der Waals surface area contributed by atoms with E-state index in [1.807, 2.05) is 0 Å². The molecule has 1 saturated carbocycles. The minimum Gasteiger partial charge on any atom is -0.476 e. The summed E-state index contributed by atoms with van der Waals surface area (Å²) in [7, 11) is -4.25. The summed E-state index contributed by atoms with van der Waals surface area (Å²) in [5.41, 5.74) is -1.46. The van der Waals surface area contributed by atoms with Gasteiger partial charge >= 0.3 is 5.97 Å². The fraction of sp³-hybridized carbons (Fsp3) is 0.333. The molecule has 0 bridgehead atoms. The van der Waals surface area contributed by atoms with Gasteiger partial charge in [-0.15, -0.1) is 0 Å². The fourth-order valence-electron chi connectivity index (χ4n) is 4.13. The topological polar surface area (TPSA) is 87.6 Å². The summed E-state index contributed by atoms with van der Waals surface area (Å²) in [6.07, 6.45) is 1.14. The first-order chi connectivity index (χ1) is 12.7. The van der Waals surface area contributed by atoms with Crippen molar-refractivity contribution in [2.45, 2.75) is 22.7 Å². The zero-order valence-electron chi connectivity index (χ0n) is 14.0. The van der Waals surface area contributed by atoms with Crippen LogP contribution in [0.15, 0.2) is 53.6 Å². The molecule has 0 spiro atoms. The van der Waals surface area contributed by atoms with Crippen molar-refractivity contribution < 1.29 is 27.1 Å². The number of piperidine rings is 1. The molecule has 2 aromatic rings. The molecule has 1 saturated heterocycles. The lowest BCUT2D eigenvalue weighted by atomic mass is 9.87. The number of sulfonamides is 1. The molecule has 2 atom stereocenters. The van der Waals surface area contributed by atoms with Crippen LogP contribution in [0.4, 0.5) is 8.78 Å². The molecule has 6 nitrogen and oxygen atoms in total. The maximum Gasteiger partial charge on any atom is 0.355 e. The van der Waals surface area contributed by atoms with E-state index in [0.717, 1.165) is 10.4 Å². The number of carbonyl (C=O) groups is 1. The van der Waals surface area contributed by atoms with Gasteiger partial charge in [-0.2, -0.15) is 4.31 Å². The number of carboxylic acid groups (broad SMARTS) is 1. The van der Waals surface area contributed by atoms with Crippen LogP contribution in [0.3, 0.4) is 0 Å². The van der Waals surface area contributed by atoms with Crippen molar-refractivity contribution in [3.05, 3.63) is 59.9 Å². The van der Waals surface area contributed by atoms with Gasteiger partial charge in [-0.1, -0.05) is 30.3 Å². The summed E-state index contributed by atoms with van der Waals surface area (Å²) < 4.78 is 56.1. The zero-order valence-corrected chi connectivity index (χ0v) is 14.9. The number of benzene rings is 1. The molecule has 1 N–H and O–H groups in total. The second-order valence-electron chi connectivity index (χ2n) is 6.78. The van der Waals surface area contributed by atoms with E-state index in [2.05, 4.69) is 4.98 Å². The van der Waals surface area contributed by atoms with E-state index < -0.39 is 43.8 Å². The third kappa shape index (κ3) is 2.41. The Kier molecular flexibility index (Phi) is 3.87. The first-order valence-electron chi connectivity index (χ1n) is 8.35. The van der Waals surface area contributed by atoms with E-state index in [-0.39, 0.29) is 19.5 Å². The van der Waals surface area contributed by atoms with Crippen molar-refractivity contribution in [3.63, 3.8) is 0 Å². The van der Waals surface area contributed by atoms with Crippen LogP contribution in [0, 0.1) is 5.92 Å². The Morgan fingerprint density at radius 3 is 2.52 bits per heavy atom. The number of aromatic nitrogens is 1. The summed E-state index contributed by atoms with van der Waals surface area (Å²) in [5.74, 6) is -5.63. The maximum atomic E-state index is 14.7. The van der Waals surface area contributed by atoms with Crippen LogP contribution in [0.25, 0.3) is 0 Å². The van der Waals surface area contributed by atoms with E-state index in [0.29, 0.717) is 5.56 Å². The normalized spacial score (nSPS) is 27.0. The summed E-state index contributed by atoms with van der Waals surface area (Å²) in [5, 5.41) is 9.19. The number of hydrogen-bond donors (Lipinski definition) is 1. The molecule has 1 aliphatic carbocycles. The van der Waals surface area contributed by atoms with Gasteiger partial charge in [-0.25, -0.2) is 27.0 Å². The van der Waals surface area contributed by atoms with Gasteiger partial charge in [0.1, 0.15) is 4.90 Å². The molecule has 0 radical (unpaired) electrons. The van der Waals surface area contributed by atoms with Crippen LogP contribution < -0.4 is 0 Å². The number of halogens is 2. The number of alkyl halides is 2. The fourth-order valence-corrected chi connectivity index (χ4v) is 5.72. The third-order valence-corrected chi connectivity index (χ3v) is 7.46. The van der Waals surface area contributed by atoms with Crippen LogP contribution in [-0.2, 0) is 15.4 Å². The largest absolute Gasteiger partial charge is 0.476 e. The van der Waals surface area contributed by atoms with E-state index in [1.54, 1.807) is 30.3 Å². The predicted molar refractivity (Wildman–Crippen MR) is 91.1 cm³/mol. The Balaban J connectivity index is 1.68. The Labute approximate surface area is 154 Å². The molecule has 0 amide bonds. The van der Waals surface area contributed by atoms with Crippen molar-refractivity contribution in [1.82, 2.24) is 9.29 Å². The molecule has 2 aliphatic rings. The van der Waals surface area contributed by atoms with Crippen molar-refractivity contribution in [2.75, 3.05) is 13.1 Å². The second kappa shape index (κ2) is 5.80. The lowest BCUT2D eigenvalue weighted by Gasteiger charge is -2.30. The number of rotatable bonds is 4. The molecule has 9 heteroatoms. The maximum absolute atomic E-state index is 14.7. The van der Waals surface area contributed by atoms with Gasteiger partial charge in [0.15, 0.2) is 5.69 Å². The number of carboxylic acids is 1. The molecule has 1 aromatic carbocycles. The number of pyridine rings is 1. The Morgan fingerprint density at radius 2 is 1.89 bits per heavy atom. The SMILES string of the molecule is O=C(O)c1ncccc1S(=O)(=O)N1CCC2(c3ccccc3)C(C1)C2(F)F. The first-order valence-corrected chi connectivity index (χ1v) is 9.79. The molecule has 142 valence electrons. The third-order valence-electron chi connectivity index (χ3n) is 5.57. The highest BCUT2D eigenvalue weighted by Crippen LogP contribution is 2.70. The van der Waals surface area contributed by atoms with Crippen LogP contribution in [0.2, 0.25) is 0 Å². The molecule has 4 rings (SSSR count). The van der Waals surface area contributed by atoms with Crippen molar-refractivity contribution in [2.24, 2.45) is 5.92 Å².